The van der Waals surface area contributed by atoms with Crippen molar-refractivity contribution in [2.45, 2.75) is 0 Å². The van der Waals surface area contributed by atoms with E-state index in [1.54, 1.807) is 24.0 Å². The largest absolute Gasteiger partial charge is 0.452 e. The van der Waals surface area contributed by atoms with Crippen LogP contribution in [0.4, 0.5) is 0 Å². The number of hydrogen-bond acceptors (Lipinski definition) is 3. The predicted octanol–water partition coefficient (Wildman–Crippen LogP) is 1.90. The molecular weight excluding hydrogens is 204 g/mol. The van der Waals surface area contributed by atoms with Crippen LogP contribution in [0.3, 0.4) is 0 Å². The van der Waals surface area contributed by atoms with E-state index >= 15 is 0 Å². The van der Waals surface area contributed by atoms with Crippen LogP contribution in [-0.4, -0.2) is 15.3 Å². The summed E-state index contributed by atoms with van der Waals surface area (Å²) < 4.78 is 6.46. The van der Waals surface area contributed by atoms with Gasteiger partial charge in [-0.2, -0.15) is 0 Å². The van der Waals surface area contributed by atoms with Crippen molar-refractivity contribution < 1.29 is 9.21 Å². The molecule has 2 rings (SSSR count). The molecule has 0 saturated carbocycles. The second-order valence-corrected chi connectivity index (χ2v) is 3.14. The third-order valence-corrected chi connectivity index (χ3v) is 2.18. The van der Waals surface area contributed by atoms with Gasteiger partial charge >= 0.3 is 0 Å². The number of furan rings is 1. The highest BCUT2D eigenvalue weighted by Crippen LogP contribution is 2.19. The van der Waals surface area contributed by atoms with Crippen molar-refractivity contribution in [3.8, 4) is 0 Å². The van der Waals surface area contributed by atoms with Crippen LogP contribution in [-0.2, 0) is 7.05 Å². The molecule has 0 aliphatic heterocycles. The van der Waals surface area contributed by atoms with E-state index < -0.39 is 0 Å². The highest BCUT2D eigenvalue weighted by molar-refractivity contribution is 6.33. The zero-order chi connectivity index (χ0) is 10.1. The van der Waals surface area contributed by atoms with E-state index in [2.05, 4.69) is 4.98 Å². The molecule has 0 spiro atoms. The lowest BCUT2D eigenvalue weighted by Crippen LogP contribution is -2.07. The van der Waals surface area contributed by atoms with Crippen molar-refractivity contribution in [1.29, 1.82) is 0 Å². The van der Waals surface area contributed by atoms with Crippen LogP contribution in [0.15, 0.2) is 29.1 Å². The molecule has 0 aromatic carbocycles. The zero-order valence-corrected chi connectivity index (χ0v) is 8.15. The van der Waals surface area contributed by atoms with Crippen LogP contribution in [0, 0.1) is 0 Å². The molecule has 2 aromatic rings. The van der Waals surface area contributed by atoms with Gasteiger partial charge in [0.25, 0.3) is 0 Å². The molecule has 5 heteroatoms. The fourth-order valence-electron chi connectivity index (χ4n) is 1.16. The van der Waals surface area contributed by atoms with Crippen LogP contribution in [0.1, 0.15) is 16.2 Å². The molecule has 14 heavy (non-hydrogen) atoms. The summed E-state index contributed by atoms with van der Waals surface area (Å²) >= 11 is 5.68. The number of halogens is 1. The van der Waals surface area contributed by atoms with Crippen LogP contribution in [0.2, 0.25) is 5.22 Å². The third-order valence-electron chi connectivity index (χ3n) is 1.89. The molecular formula is C9H7ClN2O2. The molecule has 2 aromatic heterocycles. The summed E-state index contributed by atoms with van der Waals surface area (Å²) in [4.78, 5) is 15.7. The van der Waals surface area contributed by atoms with Crippen LogP contribution >= 0.6 is 11.6 Å². The van der Waals surface area contributed by atoms with Gasteiger partial charge in [-0.05, 0) is 17.7 Å². The Labute approximate surface area is 85.1 Å². The maximum atomic E-state index is 11.8. The topological polar surface area (TPSA) is 48.0 Å². The molecule has 72 valence electrons. The summed E-state index contributed by atoms with van der Waals surface area (Å²) in [5.74, 6) is 0.101. The summed E-state index contributed by atoms with van der Waals surface area (Å²) in [7, 11) is 1.74. The highest BCUT2D eigenvalue weighted by atomic mass is 35.5. The Morgan fingerprint density at radius 3 is 2.93 bits per heavy atom. The van der Waals surface area contributed by atoms with Crippen molar-refractivity contribution in [1.82, 2.24) is 9.55 Å². The fraction of sp³-hybridized carbons (Fsp3) is 0.111. The Balaban J connectivity index is 2.44. The van der Waals surface area contributed by atoms with Crippen LogP contribution < -0.4 is 0 Å². The molecule has 0 fully saturated rings. The molecule has 0 bridgehead atoms. The van der Waals surface area contributed by atoms with Gasteiger partial charge in [0, 0.05) is 19.4 Å². The normalized spacial score (nSPS) is 10.4. The number of carbonyl (C=O) groups excluding carboxylic acids is 1. The molecule has 0 atom stereocenters. The van der Waals surface area contributed by atoms with Gasteiger partial charge in [0.15, 0.2) is 5.82 Å². The molecule has 0 N–H and O–H groups in total. The van der Waals surface area contributed by atoms with Crippen molar-refractivity contribution in [2.24, 2.45) is 7.05 Å². The van der Waals surface area contributed by atoms with E-state index in [4.69, 9.17) is 16.0 Å². The maximum Gasteiger partial charge on any atom is 0.233 e. The molecule has 0 aliphatic carbocycles. The first-order chi connectivity index (χ1) is 6.70. The number of rotatable bonds is 2. The Morgan fingerprint density at radius 2 is 2.43 bits per heavy atom. The second kappa shape index (κ2) is 3.31. The maximum absolute atomic E-state index is 11.8. The molecule has 0 aliphatic rings. The lowest BCUT2D eigenvalue weighted by molar-refractivity contribution is 0.102. The SMILES string of the molecule is Cn1ccnc1C(=O)c1ccoc1Cl. The zero-order valence-electron chi connectivity index (χ0n) is 7.40. The summed E-state index contributed by atoms with van der Waals surface area (Å²) in [6.07, 6.45) is 4.63. The quantitative estimate of drug-likeness (QED) is 0.712. The predicted molar refractivity (Wildman–Crippen MR) is 50.4 cm³/mol. The van der Waals surface area contributed by atoms with Crippen molar-refractivity contribution in [2.75, 3.05) is 0 Å². The molecule has 0 unspecified atom stereocenters. The van der Waals surface area contributed by atoms with Gasteiger partial charge in [0.1, 0.15) is 0 Å². The van der Waals surface area contributed by atoms with Crippen molar-refractivity contribution in [3.63, 3.8) is 0 Å². The lowest BCUT2D eigenvalue weighted by atomic mass is 10.2. The van der Waals surface area contributed by atoms with Gasteiger partial charge < -0.3 is 8.98 Å². The summed E-state index contributed by atoms with van der Waals surface area (Å²) in [5.41, 5.74) is 0.334. The third kappa shape index (κ3) is 1.33. The molecule has 0 saturated heterocycles. The summed E-state index contributed by atoms with van der Waals surface area (Å²) in [5, 5.41) is 0.0954. The van der Waals surface area contributed by atoms with E-state index in [1.165, 1.54) is 12.3 Å². The minimum Gasteiger partial charge on any atom is -0.452 e. The number of hydrogen-bond donors (Lipinski definition) is 0. The number of nitrogens with zero attached hydrogens (tertiary/aromatic N) is 2. The standard InChI is InChI=1S/C9H7ClN2O2/c1-12-4-3-11-9(12)7(13)6-2-5-14-8(6)10/h2-5H,1H3. The monoisotopic (exact) mass is 210 g/mol. The van der Waals surface area contributed by atoms with Crippen LogP contribution in [0.25, 0.3) is 0 Å². The summed E-state index contributed by atoms with van der Waals surface area (Å²) in [6.45, 7) is 0. The van der Waals surface area contributed by atoms with E-state index in [-0.39, 0.29) is 11.0 Å². The first kappa shape index (κ1) is 9.02. The Kier molecular flexibility index (Phi) is 2.13. The first-order valence-electron chi connectivity index (χ1n) is 3.95. The fourth-order valence-corrected chi connectivity index (χ4v) is 1.36. The van der Waals surface area contributed by atoms with Gasteiger partial charge in [0.05, 0.1) is 11.8 Å². The van der Waals surface area contributed by atoms with Gasteiger partial charge in [0.2, 0.25) is 11.0 Å². The highest BCUT2D eigenvalue weighted by Gasteiger charge is 2.18. The average molecular weight is 211 g/mol. The molecule has 0 radical (unpaired) electrons. The molecule has 4 nitrogen and oxygen atoms in total. The van der Waals surface area contributed by atoms with Gasteiger partial charge in [-0.1, -0.05) is 0 Å². The van der Waals surface area contributed by atoms with E-state index in [0.29, 0.717) is 11.4 Å². The van der Waals surface area contributed by atoms with Gasteiger partial charge in [-0.25, -0.2) is 4.98 Å². The average Bonchev–Trinajstić information content (AvgIpc) is 2.73. The smallest absolute Gasteiger partial charge is 0.233 e. The number of aryl methyl sites for hydroxylation is 1. The Hall–Kier alpha value is -1.55. The van der Waals surface area contributed by atoms with Gasteiger partial charge in [-0.3, -0.25) is 4.79 Å². The Bertz CT molecular complexity index is 430. The second-order valence-electron chi connectivity index (χ2n) is 2.80. The number of carbonyl (C=O) groups is 1. The van der Waals surface area contributed by atoms with E-state index in [1.807, 2.05) is 0 Å². The van der Waals surface area contributed by atoms with Crippen molar-refractivity contribution >= 4 is 17.4 Å². The van der Waals surface area contributed by atoms with Gasteiger partial charge in [-0.15, -0.1) is 0 Å². The van der Waals surface area contributed by atoms with E-state index in [9.17, 15) is 4.79 Å². The lowest BCUT2D eigenvalue weighted by Gasteiger charge is -1.97. The molecule has 2 heterocycles. The summed E-state index contributed by atoms with van der Waals surface area (Å²) in [6, 6.07) is 1.53. The van der Waals surface area contributed by atoms with E-state index in [0.717, 1.165) is 0 Å². The minimum absolute atomic E-state index is 0.0954. The number of ketones is 1. The Morgan fingerprint density at radius 1 is 1.64 bits per heavy atom. The number of imidazole rings is 1. The molecule has 0 amide bonds. The van der Waals surface area contributed by atoms with Crippen molar-refractivity contribution in [3.05, 3.63) is 41.3 Å². The number of aromatic nitrogens is 2. The van der Waals surface area contributed by atoms with Crippen LogP contribution in [0.5, 0.6) is 0 Å². The minimum atomic E-state index is -0.240. The first-order valence-corrected chi connectivity index (χ1v) is 4.33.